The average Bonchev–Trinajstić information content (AvgIpc) is 2.88. The molecule has 2 aliphatic heterocycles. The molecular formula is C24H27N5O6. The van der Waals surface area contributed by atoms with Crippen molar-refractivity contribution >= 4 is 29.2 Å². The molecule has 0 aromatic heterocycles. The molecule has 2 atom stereocenters. The number of ether oxygens (including phenoxy) is 2. The van der Waals surface area contributed by atoms with Gasteiger partial charge in [0.05, 0.1) is 18.6 Å². The highest BCUT2D eigenvalue weighted by Crippen LogP contribution is 2.32. The number of aliphatic imine (C=N–C) groups is 1. The molecular weight excluding hydrogens is 454 g/mol. The third-order valence-corrected chi connectivity index (χ3v) is 6.08. The molecule has 2 aliphatic rings. The summed E-state index contributed by atoms with van der Waals surface area (Å²) in [5.74, 6) is -1.21. The fourth-order valence-corrected chi connectivity index (χ4v) is 4.24. The summed E-state index contributed by atoms with van der Waals surface area (Å²) in [6, 6.07) is 12.7. The van der Waals surface area contributed by atoms with Crippen molar-refractivity contribution in [2.24, 2.45) is 10.9 Å². The van der Waals surface area contributed by atoms with Gasteiger partial charge in [0.1, 0.15) is 11.8 Å². The van der Waals surface area contributed by atoms with E-state index in [1.165, 1.54) is 24.3 Å². The predicted octanol–water partition coefficient (Wildman–Crippen LogP) is 2.13. The first-order valence-electron chi connectivity index (χ1n) is 11.3. The number of nitro benzene ring substituents is 1. The predicted molar refractivity (Wildman–Crippen MR) is 128 cm³/mol. The molecule has 4 rings (SSSR count). The van der Waals surface area contributed by atoms with Gasteiger partial charge in [0.2, 0.25) is 11.9 Å². The lowest BCUT2D eigenvalue weighted by Gasteiger charge is -2.39. The minimum atomic E-state index is -1.18. The molecule has 1 N–H and O–H groups in total. The van der Waals surface area contributed by atoms with Gasteiger partial charge in [-0.05, 0) is 24.6 Å². The van der Waals surface area contributed by atoms with Crippen LogP contribution in [0, 0.1) is 16.0 Å². The topological polar surface area (TPSA) is 127 Å². The molecule has 0 bridgehead atoms. The summed E-state index contributed by atoms with van der Waals surface area (Å²) in [7, 11) is 1.63. The SMILES string of the molecule is CCOC(=O)[C@@H]1C(=O)NC(N2CCN(c3cccc(OC)c3)CC2)=N[C@@H]1c1ccc([N+](=O)[O-])cc1. The molecule has 0 aliphatic carbocycles. The molecule has 184 valence electrons. The number of anilines is 1. The zero-order chi connectivity index (χ0) is 24.9. The number of carbonyl (C=O) groups excluding carboxylic acids is 2. The number of rotatable bonds is 6. The summed E-state index contributed by atoms with van der Waals surface area (Å²) in [6.45, 7) is 4.40. The summed E-state index contributed by atoms with van der Waals surface area (Å²) in [4.78, 5) is 45.1. The number of hydrogen-bond acceptors (Lipinski definition) is 9. The number of hydrogen-bond donors (Lipinski definition) is 1. The van der Waals surface area contributed by atoms with Crippen molar-refractivity contribution in [3.63, 3.8) is 0 Å². The van der Waals surface area contributed by atoms with E-state index in [-0.39, 0.29) is 12.3 Å². The van der Waals surface area contributed by atoms with Crippen LogP contribution < -0.4 is 15.0 Å². The smallest absolute Gasteiger partial charge is 0.321 e. The molecule has 0 saturated carbocycles. The molecule has 35 heavy (non-hydrogen) atoms. The lowest BCUT2D eigenvalue weighted by Crippen LogP contribution is -2.57. The number of amides is 1. The van der Waals surface area contributed by atoms with Crippen molar-refractivity contribution in [1.82, 2.24) is 10.2 Å². The van der Waals surface area contributed by atoms with Gasteiger partial charge in [-0.1, -0.05) is 18.2 Å². The zero-order valence-corrected chi connectivity index (χ0v) is 19.5. The normalized spacial score (nSPS) is 20.1. The fourth-order valence-electron chi connectivity index (χ4n) is 4.24. The van der Waals surface area contributed by atoms with Gasteiger partial charge in [-0.3, -0.25) is 25.0 Å². The number of nitrogens with zero attached hydrogens (tertiary/aromatic N) is 4. The van der Waals surface area contributed by atoms with E-state index in [2.05, 4.69) is 10.2 Å². The number of piperazine rings is 1. The molecule has 1 amide bonds. The summed E-state index contributed by atoms with van der Waals surface area (Å²) in [6.07, 6.45) is 0. The second kappa shape index (κ2) is 10.4. The average molecular weight is 482 g/mol. The number of nitrogens with one attached hydrogen (secondary N) is 1. The van der Waals surface area contributed by atoms with Crippen LogP contribution in [-0.2, 0) is 14.3 Å². The highest BCUT2D eigenvalue weighted by molar-refractivity contribution is 6.08. The van der Waals surface area contributed by atoms with Crippen molar-refractivity contribution in [3.05, 3.63) is 64.2 Å². The Morgan fingerprint density at radius 3 is 2.46 bits per heavy atom. The van der Waals surface area contributed by atoms with E-state index >= 15 is 0 Å². The number of benzene rings is 2. The number of carbonyl (C=O) groups is 2. The van der Waals surface area contributed by atoms with Gasteiger partial charge in [0, 0.05) is 50.1 Å². The van der Waals surface area contributed by atoms with Gasteiger partial charge in [-0.15, -0.1) is 0 Å². The highest BCUT2D eigenvalue weighted by atomic mass is 16.6. The van der Waals surface area contributed by atoms with Crippen LogP contribution in [0.1, 0.15) is 18.5 Å². The van der Waals surface area contributed by atoms with E-state index in [1.54, 1.807) is 14.0 Å². The molecule has 11 heteroatoms. The Bertz CT molecular complexity index is 1130. The van der Waals surface area contributed by atoms with Crippen LogP contribution in [0.2, 0.25) is 0 Å². The maximum absolute atomic E-state index is 13.0. The molecule has 2 aromatic carbocycles. The molecule has 2 heterocycles. The Kier molecular flexibility index (Phi) is 7.14. The second-order valence-electron chi connectivity index (χ2n) is 8.14. The fraction of sp³-hybridized carbons (Fsp3) is 0.375. The van der Waals surface area contributed by atoms with Crippen molar-refractivity contribution in [3.8, 4) is 5.75 Å². The summed E-state index contributed by atoms with van der Waals surface area (Å²) in [5, 5.41) is 13.8. The van der Waals surface area contributed by atoms with Crippen LogP contribution in [0.15, 0.2) is 53.5 Å². The van der Waals surface area contributed by atoms with E-state index < -0.39 is 28.8 Å². The standard InChI is InChI=1S/C24H27N5O6/c1-3-35-23(31)20-21(16-7-9-17(10-8-16)29(32)33)25-24(26-22(20)30)28-13-11-27(12-14-28)18-5-4-6-19(15-18)34-2/h4-10,15,20-21H,3,11-14H2,1-2H3,(H,25,26,30)/t20-,21+/m0/s1. The minimum Gasteiger partial charge on any atom is -0.497 e. The van der Waals surface area contributed by atoms with Gasteiger partial charge < -0.3 is 19.3 Å². The number of nitro groups is 1. The van der Waals surface area contributed by atoms with Gasteiger partial charge in [-0.2, -0.15) is 0 Å². The molecule has 0 radical (unpaired) electrons. The number of guanidine groups is 1. The Morgan fingerprint density at radius 1 is 1.14 bits per heavy atom. The minimum absolute atomic E-state index is 0.0837. The van der Waals surface area contributed by atoms with Crippen LogP contribution in [0.4, 0.5) is 11.4 Å². The molecule has 1 fully saturated rings. The van der Waals surface area contributed by atoms with E-state index in [9.17, 15) is 19.7 Å². The summed E-state index contributed by atoms with van der Waals surface area (Å²) in [5.41, 5.74) is 1.49. The van der Waals surface area contributed by atoms with Gasteiger partial charge in [0.15, 0.2) is 5.92 Å². The second-order valence-corrected chi connectivity index (χ2v) is 8.14. The van der Waals surface area contributed by atoms with E-state index in [0.29, 0.717) is 37.7 Å². The monoisotopic (exact) mass is 481 g/mol. The zero-order valence-electron chi connectivity index (χ0n) is 19.5. The third kappa shape index (κ3) is 5.18. The van der Waals surface area contributed by atoms with E-state index in [1.807, 2.05) is 29.2 Å². The van der Waals surface area contributed by atoms with Crippen molar-refractivity contribution in [2.45, 2.75) is 13.0 Å². The number of esters is 1. The Balaban J connectivity index is 1.56. The summed E-state index contributed by atoms with van der Waals surface area (Å²) >= 11 is 0. The summed E-state index contributed by atoms with van der Waals surface area (Å²) < 4.78 is 10.4. The van der Waals surface area contributed by atoms with Crippen LogP contribution in [0.5, 0.6) is 5.75 Å². The molecule has 11 nitrogen and oxygen atoms in total. The Morgan fingerprint density at radius 2 is 1.83 bits per heavy atom. The molecule has 0 unspecified atom stereocenters. The first kappa shape index (κ1) is 24.0. The quantitative estimate of drug-likeness (QED) is 0.288. The lowest BCUT2D eigenvalue weighted by atomic mass is 9.91. The lowest BCUT2D eigenvalue weighted by molar-refractivity contribution is -0.384. The van der Waals surface area contributed by atoms with Crippen LogP contribution >= 0.6 is 0 Å². The van der Waals surface area contributed by atoms with Gasteiger partial charge in [0.25, 0.3) is 5.69 Å². The first-order valence-corrected chi connectivity index (χ1v) is 11.3. The van der Waals surface area contributed by atoms with Gasteiger partial charge >= 0.3 is 5.97 Å². The molecule has 1 saturated heterocycles. The maximum atomic E-state index is 13.0. The number of non-ortho nitro benzene ring substituents is 1. The highest BCUT2D eigenvalue weighted by Gasteiger charge is 2.42. The Hall–Kier alpha value is -4.15. The van der Waals surface area contributed by atoms with E-state index in [0.717, 1.165) is 11.4 Å². The van der Waals surface area contributed by atoms with Crippen LogP contribution in [-0.4, -0.2) is 67.6 Å². The first-order chi connectivity index (χ1) is 16.9. The maximum Gasteiger partial charge on any atom is 0.321 e. The Labute approximate surface area is 202 Å². The largest absolute Gasteiger partial charge is 0.497 e. The van der Waals surface area contributed by atoms with Crippen LogP contribution in [0.25, 0.3) is 0 Å². The molecule has 2 aromatic rings. The third-order valence-electron chi connectivity index (χ3n) is 6.08. The number of methoxy groups -OCH3 is 1. The van der Waals surface area contributed by atoms with Crippen molar-refractivity contribution in [1.29, 1.82) is 0 Å². The molecule has 0 spiro atoms. The van der Waals surface area contributed by atoms with Gasteiger partial charge in [-0.25, -0.2) is 4.99 Å². The van der Waals surface area contributed by atoms with Crippen molar-refractivity contribution in [2.75, 3.05) is 44.8 Å². The van der Waals surface area contributed by atoms with E-state index in [4.69, 9.17) is 14.5 Å². The van der Waals surface area contributed by atoms with Crippen molar-refractivity contribution < 1.29 is 24.0 Å². The van der Waals surface area contributed by atoms with Crippen LogP contribution in [0.3, 0.4) is 0 Å².